The van der Waals surface area contributed by atoms with Gasteiger partial charge in [-0.3, -0.25) is 19.8 Å². The number of hydrogen-bond acceptors (Lipinski definition) is 5. The van der Waals surface area contributed by atoms with E-state index in [1.54, 1.807) is 13.0 Å². The summed E-state index contributed by atoms with van der Waals surface area (Å²) in [5, 5.41) is 4.99. The normalized spacial score (nSPS) is 17.4. The molecule has 3 amide bonds. The predicted octanol–water partition coefficient (Wildman–Crippen LogP) is 2.23. The Morgan fingerprint density at radius 1 is 1.23 bits per heavy atom. The zero-order valence-corrected chi connectivity index (χ0v) is 15.6. The van der Waals surface area contributed by atoms with Gasteiger partial charge in [0.25, 0.3) is 0 Å². The molecule has 0 aromatic heterocycles. The third-order valence-corrected chi connectivity index (χ3v) is 4.51. The summed E-state index contributed by atoms with van der Waals surface area (Å²) in [7, 11) is 0. The van der Waals surface area contributed by atoms with Crippen LogP contribution >= 0.6 is 0 Å². The minimum Gasteiger partial charge on any atom is -0.466 e. The first kappa shape index (κ1) is 19.9. The summed E-state index contributed by atoms with van der Waals surface area (Å²) < 4.78 is 5.05. The minimum atomic E-state index is -0.558. The molecule has 0 saturated carbocycles. The summed E-state index contributed by atoms with van der Waals surface area (Å²) in [5.74, 6) is -0.818. The van der Waals surface area contributed by atoms with Crippen LogP contribution in [0.3, 0.4) is 0 Å². The fourth-order valence-corrected chi connectivity index (χ4v) is 3.00. The number of anilines is 1. The standard InChI is InChI=1S/C19H27N3O4/c1-4-26-18(24)15-6-5-9-22(11-15)12-17(23)21-19(25)20-16-8-7-13(2)14(3)10-16/h7-8,10,15H,4-6,9,11-12H2,1-3H3,(H2,20,21,23,25)/t15-/m1/s1. The maximum Gasteiger partial charge on any atom is 0.325 e. The average Bonchev–Trinajstić information content (AvgIpc) is 2.58. The van der Waals surface area contributed by atoms with Crippen LogP contribution in [-0.4, -0.2) is 49.0 Å². The van der Waals surface area contributed by atoms with Gasteiger partial charge in [-0.05, 0) is 63.4 Å². The fraction of sp³-hybridized carbons (Fsp3) is 0.526. The smallest absolute Gasteiger partial charge is 0.325 e. The average molecular weight is 361 g/mol. The van der Waals surface area contributed by atoms with E-state index < -0.39 is 11.9 Å². The summed E-state index contributed by atoms with van der Waals surface area (Å²) in [4.78, 5) is 37.8. The van der Waals surface area contributed by atoms with E-state index in [0.29, 0.717) is 18.8 Å². The number of aryl methyl sites for hydroxylation is 2. The van der Waals surface area contributed by atoms with Crippen LogP contribution in [-0.2, 0) is 14.3 Å². The van der Waals surface area contributed by atoms with Gasteiger partial charge in [0.1, 0.15) is 0 Å². The van der Waals surface area contributed by atoms with Crippen molar-refractivity contribution in [3.63, 3.8) is 0 Å². The van der Waals surface area contributed by atoms with E-state index in [9.17, 15) is 14.4 Å². The molecular formula is C19H27N3O4. The van der Waals surface area contributed by atoms with Gasteiger partial charge >= 0.3 is 12.0 Å². The Kier molecular flexibility index (Phi) is 7.15. The van der Waals surface area contributed by atoms with Crippen LogP contribution in [0.4, 0.5) is 10.5 Å². The first-order valence-electron chi connectivity index (χ1n) is 8.96. The van der Waals surface area contributed by atoms with Gasteiger partial charge in [0, 0.05) is 12.2 Å². The second kappa shape index (κ2) is 9.33. The van der Waals surface area contributed by atoms with E-state index in [1.165, 1.54) is 0 Å². The molecule has 0 bridgehead atoms. The molecule has 142 valence electrons. The molecule has 0 radical (unpaired) electrons. The van der Waals surface area contributed by atoms with Crippen LogP contribution in [0, 0.1) is 19.8 Å². The van der Waals surface area contributed by atoms with Crippen molar-refractivity contribution in [3.8, 4) is 0 Å². The van der Waals surface area contributed by atoms with Crippen LogP contribution < -0.4 is 10.6 Å². The molecule has 1 aromatic rings. The number of nitrogens with one attached hydrogen (secondary N) is 2. The summed E-state index contributed by atoms with van der Waals surface area (Å²) in [5.41, 5.74) is 2.83. The lowest BCUT2D eigenvalue weighted by Crippen LogP contribution is -2.46. The van der Waals surface area contributed by atoms with Crippen LogP contribution in [0.15, 0.2) is 18.2 Å². The molecule has 0 unspecified atom stereocenters. The van der Waals surface area contributed by atoms with Gasteiger partial charge in [0.2, 0.25) is 5.91 Å². The third kappa shape index (κ3) is 5.84. The number of carbonyl (C=O) groups is 3. The van der Waals surface area contributed by atoms with Crippen LogP contribution in [0.25, 0.3) is 0 Å². The maximum atomic E-state index is 12.1. The molecule has 1 atom stereocenters. The van der Waals surface area contributed by atoms with Gasteiger partial charge in [-0.1, -0.05) is 6.07 Å². The van der Waals surface area contributed by atoms with Gasteiger partial charge in [0.15, 0.2) is 0 Å². The Bertz CT molecular complexity index is 675. The van der Waals surface area contributed by atoms with Gasteiger partial charge < -0.3 is 10.1 Å². The summed E-state index contributed by atoms with van der Waals surface area (Å²) >= 11 is 0. The topological polar surface area (TPSA) is 87.7 Å². The molecule has 7 nitrogen and oxygen atoms in total. The van der Waals surface area contributed by atoms with E-state index in [2.05, 4.69) is 10.6 Å². The highest BCUT2D eigenvalue weighted by molar-refractivity contribution is 6.01. The second-order valence-corrected chi connectivity index (χ2v) is 6.63. The van der Waals surface area contributed by atoms with Crippen molar-refractivity contribution >= 4 is 23.6 Å². The van der Waals surface area contributed by atoms with Crippen molar-refractivity contribution in [2.24, 2.45) is 5.92 Å². The van der Waals surface area contributed by atoms with E-state index in [0.717, 1.165) is 30.5 Å². The van der Waals surface area contributed by atoms with E-state index in [4.69, 9.17) is 4.74 Å². The van der Waals surface area contributed by atoms with Gasteiger partial charge in [-0.2, -0.15) is 0 Å². The van der Waals surface area contributed by atoms with E-state index in [-0.39, 0.29) is 18.4 Å². The quantitative estimate of drug-likeness (QED) is 0.785. The second-order valence-electron chi connectivity index (χ2n) is 6.63. The Labute approximate surface area is 154 Å². The number of piperidine rings is 1. The molecule has 1 fully saturated rings. The van der Waals surface area contributed by atoms with Crippen molar-refractivity contribution in [3.05, 3.63) is 29.3 Å². The highest BCUT2D eigenvalue weighted by atomic mass is 16.5. The van der Waals surface area contributed by atoms with E-state index in [1.807, 2.05) is 30.9 Å². The lowest BCUT2D eigenvalue weighted by molar-refractivity contribution is -0.150. The number of amides is 3. The summed E-state index contributed by atoms with van der Waals surface area (Å²) in [6.07, 6.45) is 1.59. The highest BCUT2D eigenvalue weighted by Gasteiger charge is 2.28. The number of carbonyl (C=O) groups excluding carboxylic acids is 3. The molecule has 2 N–H and O–H groups in total. The number of hydrogen-bond donors (Lipinski definition) is 2. The van der Waals surface area contributed by atoms with Crippen LogP contribution in [0.2, 0.25) is 0 Å². The lowest BCUT2D eigenvalue weighted by atomic mass is 9.98. The molecule has 1 aliphatic rings. The largest absolute Gasteiger partial charge is 0.466 e. The lowest BCUT2D eigenvalue weighted by Gasteiger charge is -2.30. The number of nitrogens with zero attached hydrogens (tertiary/aromatic N) is 1. The Hall–Kier alpha value is -2.41. The number of urea groups is 1. The predicted molar refractivity (Wildman–Crippen MR) is 98.9 cm³/mol. The highest BCUT2D eigenvalue weighted by Crippen LogP contribution is 2.17. The molecule has 0 aliphatic carbocycles. The number of benzene rings is 1. The van der Waals surface area contributed by atoms with Crippen LogP contribution in [0.5, 0.6) is 0 Å². The molecular weight excluding hydrogens is 334 g/mol. The van der Waals surface area contributed by atoms with Crippen molar-refractivity contribution in [1.29, 1.82) is 0 Å². The van der Waals surface area contributed by atoms with Crippen molar-refractivity contribution in [2.45, 2.75) is 33.6 Å². The Balaban J connectivity index is 1.80. The molecule has 1 heterocycles. The Morgan fingerprint density at radius 3 is 2.69 bits per heavy atom. The third-order valence-electron chi connectivity index (χ3n) is 4.51. The zero-order chi connectivity index (χ0) is 19.1. The van der Waals surface area contributed by atoms with Crippen LogP contribution in [0.1, 0.15) is 30.9 Å². The van der Waals surface area contributed by atoms with Gasteiger partial charge in [-0.25, -0.2) is 4.79 Å². The first-order valence-corrected chi connectivity index (χ1v) is 8.96. The molecule has 7 heteroatoms. The number of likely N-dealkylation sites (tertiary alicyclic amines) is 1. The van der Waals surface area contributed by atoms with Crippen molar-refractivity contribution in [2.75, 3.05) is 31.6 Å². The van der Waals surface area contributed by atoms with Gasteiger partial charge in [0.05, 0.1) is 19.1 Å². The summed E-state index contributed by atoms with van der Waals surface area (Å²) in [6.45, 7) is 7.36. The molecule has 2 rings (SSSR count). The Morgan fingerprint density at radius 2 is 2.00 bits per heavy atom. The first-order chi connectivity index (χ1) is 12.4. The molecule has 26 heavy (non-hydrogen) atoms. The maximum absolute atomic E-state index is 12.1. The zero-order valence-electron chi connectivity index (χ0n) is 15.6. The van der Waals surface area contributed by atoms with Crippen molar-refractivity contribution < 1.29 is 19.1 Å². The van der Waals surface area contributed by atoms with Crippen molar-refractivity contribution in [1.82, 2.24) is 10.2 Å². The fourth-order valence-electron chi connectivity index (χ4n) is 3.00. The number of ether oxygens (including phenoxy) is 1. The molecule has 1 aromatic carbocycles. The number of imide groups is 1. The molecule has 1 aliphatic heterocycles. The molecule has 0 spiro atoms. The summed E-state index contributed by atoms with van der Waals surface area (Å²) in [6, 6.07) is 5.00. The van der Waals surface area contributed by atoms with E-state index >= 15 is 0 Å². The SMILES string of the molecule is CCOC(=O)[C@@H]1CCCN(CC(=O)NC(=O)Nc2ccc(C)c(C)c2)C1. The van der Waals surface area contributed by atoms with Gasteiger partial charge in [-0.15, -0.1) is 0 Å². The number of esters is 1. The number of rotatable bonds is 5. The minimum absolute atomic E-state index is 0.0796. The molecule has 1 saturated heterocycles. The monoisotopic (exact) mass is 361 g/mol.